The summed E-state index contributed by atoms with van der Waals surface area (Å²) < 4.78 is 2.31. The Morgan fingerprint density at radius 3 is 2.42 bits per heavy atom. The average Bonchev–Trinajstić information content (AvgIpc) is 2.57. The molecule has 0 amide bonds. The minimum absolute atomic E-state index is 0.227. The number of aliphatic carboxylic acids is 1. The van der Waals surface area contributed by atoms with Crippen molar-refractivity contribution in [3.63, 3.8) is 0 Å². The Labute approximate surface area is 146 Å². The largest absolute Gasteiger partial charge is 0.481 e. The van der Waals surface area contributed by atoms with Gasteiger partial charge in [0.05, 0.1) is 23.5 Å². The molecule has 1 atom stereocenters. The molecule has 3 aromatic rings. The molecule has 0 spiro atoms. The molecule has 1 N–H and O–H groups in total. The summed E-state index contributed by atoms with van der Waals surface area (Å²) in [5.41, 5.74) is 1.08. The molecule has 6 heteroatoms. The Balaban J connectivity index is 2.20. The molecule has 122 valence electrons. The van der Waals surface area contributed by atoms with Crippen LogP contribution in [0, 0.1) is 0 Å². The maximum absolute atomic E-state index is 12.8. The van der Waals surface area contributed by atoms with Crippen LogP contribution < -0.4 is 5.56 Å². The highest BCUT2D eigenvalue weighted by Gasteiger charge is 2.17. The number of hydrogen-bond donors (Lipinski definition) is 1. The molecule has 2 aromatic carbocycles. The number of carbonyl (C=O) groups is 1. The minimum atomic E-state index is -0.978. The summed E-state index contributed by atoms with van der Waals surface area (Å²) in [4.78, 5) is 23.9. The van der Waals surface area contributed by atoms with Crippen LogP contribution in [0.3, 0.4) is 0 Å². The van der Waals surface area contributed by atoms with Crippen LogP contribution in [-0.2, 0) is 11.2 Å². The molecule has 1 aromatic heterocycles. The average molecular weight is 387 g/mol. The van der Waals surface area contributed by atoms with Crippen LogP contribution in [0.4, 0.5) is 0 Å². The summed E-state index contributed by atoms with van der Waals surface area (Å²) >= 11 is 3.39. The van der Waals surface area contributed by atoms with Crippen LogP contribution in [0.5, 0.6) is 0 Å². The van der Waals surface area contributed by atoms with Gasteiger partial charge >= 0.3 is 5.97 Å². The molecule has 1 heterocycles. The van der Waals surface area contributed by atoms with Crippen LogP contribution in [0.25, 0.3) is 10.8 Å². The van der Waals surface area contributed by atoms with Gasteiger partial charge in [-0.15, -0.1) is 0 Å². The van der Waals surface area contributed by atoms with Gasteiger partial charge in [-0.25, -0.2) is 4.68 Å². The Morgan fingerprint density at radius 1 is 1.17 bits per heavy atom. The third-order valence-corrected chi connectivity index (χ3v) is 4.47. The topological polar surface area (TPSA) is 72.2 Å². The van der Waals surface area contributed by atoms with E-state index in [1.807, 2.05) is 31.2 Å². The van der Waals surface area contributed by atoms with Gasteiger partial charge in [0, 0.05) is 9.86 Å². The van der Waals surface area contributed by atoms with E-state index < -0.39 is 5.97 Å². The maximum atomic E-state index is 12.8. The van der Waals surface area contributed by atoms with Crippen molar-refractivity contribution in [2.45, 2.75) is 19.4 Å². The minimum Gasteiger partial charge on any atom is -0.481 e. The van der Waals surface area contributed by atoms with Crippen LogP contribution in [0.2, 0.25) is 0 Å². The first-order chi connectivity index (χ1) is 11.5. The van der Waals surface area contributed by atoms with Crippen molar-refractivity contribution in [3.05, 3.63) is 74.6 Å². The van der Waals surface area contributed by atoms with Crippen molar-refractivity contribution in [1.29, 1.82) is 0 Å². The smallest absolute Gasteiger partial charge is 0.309 e. The second-order valence-electron chi connectivity index (χ2n) is 5.54. The fourth-order valence-corrected chi connectivity index (χ4v) is 2.96. The molecule has 0 aliphatic heterocycles. The highest BCUT2D eigenvalue weighted by Crippen LogP contribution is 2.21. The van der Waals surface area contributed by atoms with Gasteiger partial charge in [0.15, 0.2) is 0 Å². The first-order valence-electron chi connectivity index (χ1n) is 7.45. The van der Waals surface area contributed by atoms with Crippen molar-refractivity contribution in [2.75, 3.05) is 0 Å². The van der Waals surface area contributed by atoms with E-state index in [0.29, 0.717) is 16.5 Å². The number of benzene rings is 2. The lowest BCUT2D eigenvalue weighted by Crippen LogP contribution is -2.28. The van der Waals surface area contributed by atoms with E-state index >= 15 is 0 Å². The quantitative estimate of drug-likeness (QED) is 0.745. The van der Waals surface area contributed by atoms with Gasteiger partial charge in [0.1, 0.15) is 0 Å². The monoisotopic (exact) mass is 386 g/mol. The SMILES string of the molecule is CC(c1ccc(Br)cc1)n1nc(CC(=O)O)c2ccccc2c1=O. The lowest BCUT2D eigenvalue weighted by atomic mass is 10.1. The third-order valence-electron chi connectivity index (χ3n) is 3.94. The van der Waals surface area contributed by atoms with E-state index in [2.05, 4.69) is 21.0 Å². The van der Waals surface area contributed by atoms with Crippen molar-refractivity contribution < 1.29 is 9.90 Å². The summed E-state index contributed by atoms with van der Waals surface area (Å²) in [6.45, 7) is 1.87. The predicted molar refractivity (Wildman–Crippen MR) is 95.3 cm³/mol. The molecule has 5 nitrogen and oxygen atoms in total. The first kappa shape index (κ1) is 16.4. The number of nitrogens with zero attached hydrogens (tertiary/aromatic N) is 2. The molecule has 0 bridgehead atoms. The van der Waals surface area contributed by atoms with Crippen LogP contribution in [-0.4, -0.2) is 20.9 Å². The summed E-state index contributed by atoms with van der Waals surface area (Å²) in [6.07, 6.45) is -0.228. The Kier molecular flexibility index (Phi) is 4.49. The van der Waals surface area contributed by atoms with Crippen LogP contribution in [0.1, 0.15) is 24.2 Å². The lowest BCUT2D eigenvalue weighted by molar-refractivity contribution is -0.136. The van der Waals surface area contributed by atoms with Crippen LogP contribution in [0.15, 0.2) is 57.8 Å². The predicted octanol–water partition coefficient (Wildman–Crippen LogP) is 3.40. The van der Waals surface area contributed by atoms with E-state index in [9.17, 15) is 9.59 Å². The highest BCUT2D eigenvalue weighted by atomic mass is 79.9. The molecule has 0 fully saturated rings. The molecule has 3 rings (SSSR count). The number of hydrogen-bond acceptors (Lipinski definition) is 3. The van der Waals surface area contributed by atoms with Gasteiger partial charge < -0.3 is 5.11 Å². The second kappa shape index (κ2) is 6.57. The zero-order chi connectivity index (χ0) is 17.3. The second-order valence-corrected chi connectivity index (χ2v) is 6.46. The molecular formula is C18H15BrN2O3. The number of carboxylic acids is 1. The van der Waals surface area contributed by atoms with E-state index in [0.717, 1.165) is 10.0 Å². The number of rotatable bonds is 4. The lowest BCUT2D eigenvalue weighted by Gasteiger charge is -2.17. The van der Waals surface area contributed by atoms with E-state index in [1.165, 1.54) is 4.68 Å². The Bertz CT molecular complexity index is 964. The zero-order valence-corrected chi connectivity index (χ0v) is 14.5. The highest BCUT2D eigenvalue weighted by molar-refractivity contribution is 9.10. The summed E-state index contributed by atoms with van der Waals surface area (Å²) in [6, 6.07) is 14.3. The van der Waals surface area contributed by atoms with Crippen molar-refractivity contribution in [1.82, 2.24) is 9.78 Å². The molecule has 0 radical (unpaired) electrons. The van der Waals surface area contributed by atoms with E-state index in [-0.39, 0.29) is 18.0 Å². The molecular weight excluding hydrogens is 372 g/mol. The molecule has 24 heavy (non-hydrogen) atoms. The van der Waals surface area contributed by atoms with Crippen LogP contribution >= 0.6 is 15.9 Å². The van der Waals surface area contributed by atoms with Gasteiger partial charge in [-0.2, -0.15) is 5.10 Å². The van der Waals surface area contributed by atoms with Gasteiger partial charge in [-0.3, -0.25) is 9.59 Å². The normalized spacial score (nSPS) is 12.2. The Morgan fingerprint density at radius 2 is 1.79 bits per heavy atom. The molecule has 0 aliphatic rings. The summed E-state index contributed by atoms with van der Waals surface area (Å²) in [7, 11) is 0. The van der Waals surface area contributed by atoms with Crippen molar-refractivity contribution in [2.24, 2.45) is 0 Å². The van der Waals surface area contributed by atoms with Gasteiger partial charge in [-0.05, 0) is 30.7 Å². The van der Waals surface area contributed by atoms with Gasteiger partial charge in [0.25, 0.3) is 5.56 Å². The van der Waals surface area contributed by atoms with E-state index in [1.54, 1.807) is 24.3 Å². The molecule has 1 unspecified atom stereocenters. The van der Waals surface area contributed by atoms with E-state index in [4.69, 9.17) is 5.11 Å². The molecule has 0 saturated heterocycles. The Hall–Kier alpha value is -2.47. The standard InChI is InChI=1S/C18H15BrN2O3/c1-11(12-6-8-13(19)9-7-12)21-18(24)15-5-3-2-4-14(15)16(20-21)10-17(22)23/h2-9,11H,10H2,1H3,(H,22,23). The maximum Gasteiger partial charge on any atom is 0.309 e. The first-order valence-corrected chi connectivity index (χ1v) is 8.24. The van der Waals surface area contributed by atoms with Gasteiger partial charge in [0.2, 0.25) is 0 Å². The third kappa shape index (κ3) is 3.10. The molecule has 0 aliphatic carbocycles. The number of carboxylic acid groups (broad SMARTS) is 1. The molecule has 0 saturated carbocycles. The fourth-order valence-electron chi connectivity index (χ4n) is 2.69. The summed E-state index contributed by atoms with van der Waals surface area (Å²) in [5, 5.41) is 14.6. The fraction of sp³-hybridized carbons (Fsp3) is 0.167. The zero-order valence-electron chi connectivity index (χ0n) is 12.9. The van der Waals surface area contributed by atoms with Gasteiger partial charge in [-0.1, -0.05) is 46.3 Å². The number of aromatic nitrogens is 2. The van der Waals surface area contributed by atoms with Crippen molar-refractivity contribution >= 4 is 32.7 Å². The number of halogens is 1. The van der Waals surface area contributed by atoms with Crippen molar-refractivity contribution in [3.8, 4) is 0 Å². The summed E-state index contributed by atoms with van der Waals surface area (Å²) in [5.74, 6) is -0.978. The number of fused-ring (bicyclic) bond motifs is 1.